The molecule has 0 unspecified atom stereocenters. The van der Waals surface area contributed by atoms with Crippen molar-refractivity contribution < 1.29 is 9.53 Å². The highest BCUT2D eigenvalue weighted by atomic mass is 32.2. The number of thioether (sulfide) groups is 1. The molecule has 3 aromatic rings. The maximum atomic E-state index is 13.3. The maximum Gasteiger partial charge on any atom is 0.267 e. The van der Waals surface area contributed by atoms with Gasteiger partial charge in [-0.2, -0.15) is 0 Å². The van der Waals surface area contributed by atoms with Crippen LogP contribution < -0.4 is 15.6 Å². The van der Waals surface area contributed by atoms with E-state index in [9.17, 15) is 9.59 Å². The number of nitrogens with zero attached hydrogens (tertiary/aromatic N) is 3. The van der Waals surface area contributed by atoms with Gasteiger partial charge in [0.05, 0.1) is 24.1 Å². The number of methoxy groups -OCH3 is 1. The lowest BCUT2D eigenvalue weighted by atomic mass is 10.2. The summed E-state index contributed by atoms with van der Waals surface area (Å²) in [4.78, 5) is 33.1. The zero-order chi connectivity index (χ0) is 23.5. The summed E-state index contributed by atoms with van der Waals surface area (Å²) in [5.74, 6) is 0.989. The number of benzene rings is 1. The van der Waals surface area contributed by atoms with Crippen molar-refractivity contribution >= 4 is 51.7 Å². The van der Waals surface area contributed by atoms with Crippen molar-refractivity contribution in [3.05, 3.63) is 74.5 Å². The van der Waals surface area contributed by atoms with Crippen LogP contribution in [0.3, 0.4) is 0 Å². The van der Waals surface area contributed by atoms with Crippen molar-refractivity contribution in [3.8, 4) is 5.75 Å². The van der Waals surface area contributed by atoms with Crippen LogP contribution in [0.1, 0.15) is 30.0 Å². The van der Waals surface area contributed by atoms with Crippen molar-refractivity contribution in [2.45, 2.75) is 26.8 Å². The Labute approximate surface area is 201 Å². The van der Waals surface area contributed by atoms with Gasteiger partial charge in [0.15, 0.2) is 0 Å². The first-order valence-corrected chi connectivity index (χ1v) is 11.8. The molecule has 0 aliphatic carbocycles. The maximum absolute atomic E-state index is 13.3. The van der Waals surface area contributed by atoms with E-state index in [1.807, 2.05) is 50.2 Å². The van der Waals surface area contributed by atoms with Crippen LogP contribution in [0.5, 0.6) is 5.75 Å². The van der Waals surface area contributed by atoms with Crippen LogP contribution in [-0.2, 0) is 11.3 Å². The number of rotatable bonds is 7. The van der Waals surface area contributed by atoms with Crippen LogP contribution in [0, 0.1) is 6.92 Å². The molecule has 4 rings (SSSR count). The molecule has 33 heavy (non-hydrogen) atoms. The lowest BCUT2D eigenvalue weighted by molar-refractivity contribution is -0.122. The summed E-state index contributed by atoms with van der Waals surface area (Å²) in [6, 6.07) is 11.2. The molecule has 0 radical (unpaired) electrons. The summed E-state index contributed by atoms with van der Waals surface area (Å²) in [5.41, 5.74) is 2.53. The number of ether oxygens (including phenoxy) is 1. The van der Waals surface area contributed by atoms with Crippen molar-refractivity contribution in [1.82, 2.24) is 14.3 Å². The van der Waals surface area contributed by atoms with Crippen LogP contribution in [0.25, 0.3) is 11.7 Å². The molecule has 0 bridgehead atoms. The third-order valence-corrected chi connectivity index (χ3v) is 6.65. The molecule has 0 atom stereocenters. The van der Waals surface area contributed by atoms with Crippen molar-refractivity contribution in [2.24, 2.45) is 0 Å². The molecule has 1 fully saturated rings. The standard InChI is InChI=1S/C24H24N4O3S2/c1-4-11-25-20-18(22(29)27-12-5-6-15(2)21(27)26-20)13-19-23(30)28(24(32)33-19)14-16-7-9-17(31-3)10-8-16/h5-10,12-13,25H,4,11,14H2,1-3H3. The molecule has 1 N–H and O–H groups in total. The molecule has 3 heterocycles. The molecular formula is C24H24N4O3S2. The molecule has 0 saturated carbocycles. The molecule has 1 saturated heterocycles. The van der Waals surface area contributed by atoms with Gasteiger partial charge < -0.3 is 10.1 Å². The number of hydrogen-bond acceptors (Lipinski definition) is 7. The van der Waals surface area contributed by atoms with Gasteiger partial charge in [-0.1, -0.05) is 49.1 Å². The summed E-state index contributed by atoms with van der Waals surface area (Å²) >= 11 is 6.67. The smallest absolute Gasteiger partial charge is 0.267 e. The Morgan fingerprint density at radius 2 is 1.97 bits per heavy atom. The number of carbonyl (C=O) groups is 1. The molecule has 1 aromatic carbocycles. The van der Waals surface area contributed by atoms with Gasteiger partial charge in [0, 0.05) is 12.7 Å². The Morgan fingerprint density at radius 1 is 1.21 bits per heavy atom. The van der Waals surface area contributed by atoms with E-state index in [0.717, 1.165) is 23.3 Å². The molecule has 170 valence electrons. The third-order valence-electron chi connectivity index (χ3n) is 5.28. The van der Waals surface area contributed by atoms with Crippen molar-refractivity contribution in [2.75, 3.05) is 19.0 Å². The van der Waals surface area contributed by atoms with E-state index in [-0.39, 0.29) is 11.5 Å². The Balaban J connectivity index is 1.71. The largest absolute Gasteiger partial charge is 0.497 e. The molecule has 7 nitrogen and oxygen atoms in total. The SMILES string of the molecule is CCCNc1nc2c(C)cccn2c(=O)c1C=C1SC(=S)N(Cc2ccc(OC)cc2)C1=O. The fraction of sp³-hybridized carbons (Fsp3) is 0.250. The monoisotopic (exact) mass is 480 g/mol. The molecule has 0 spiro atoms. The Bertz CT molecular complexity index is 1320. The minimum atomic E-state index is -0.234. The number of fused-ring (bicyclic) bond motifs is 1. The summed E-state index contributed by atoms with van der Waals surface area (Å²) in [6.07, 6.45) is 4.17. The number of amides is 1. The fourth-order valence-electron chi connectivity index (χ4n) is 3.50. The normalized spacial score (nSPS) is 15.0. The van der Waals surface area contributed by atoms with Crippen molar-refractivity contribution in [1.29, 1.82) is 0 Å². The van der Waals surface area contributed by atoms with Crippen molar-refractivity contribution in [3.63, 3.8) is 0 Å². The summed E-state index contributed by atoms with van der Waals surface area (Å²) in [7, 11) is 1.61. The minimum Gasteiger partial charge on any atom is -0.497 e. The minimum absolute atomic E-state index is 0.226. The molecule has 1 amide bonds. The van der Waals surface area contributed by atoms with E-state index < -0.39 is 0 Å². The number of pyridine rings is 1. The first kappa shape index (κ1) is 23.0. The number of carbonyl (C=O) groups excluding carboxylic acids is 1. The van der Waals surface area contributed by atoms with Gasteiger partial charge in [0.25, 0.3) is 11.5 Å². The second-order valence-electron chi connectivity index (χ2n) is 7.61. The van der Waals surface area contributed by atoms with E-state index in [2.05, 4.69) is 5.32 Å². The van der Waals surface area contributed by atoms with Crippen LogP contribution in [0.4, 0.5) is 5.82 Å². The van der Waals surface area contributed by atoms with Gasteiger partial charge in [0.1, 0.15) is 21.5 Å². The number of aromatic nitrogens is 2. The van der Waals surface area contributed by atoms with Crippen LogP contribution in [-0.4, -0.2) is 38.2 Å². The second kappa shape index (κ2) is 9.76. The first-order chi connectivity index (χ1) is 15.9. The zero-order valence-electron chi connectivity index (χ0n) is 18.6. The number of hydrogen-bond donors (Lipinski definition) is 1. The number of anilines is 1. The van der Waals surface area contributed by atoms with E-state index in [1.54, 1.807) is 24.3 Å². The fourth-order valence-corrected chi connectivity index (χ4v) is 4.74. The van der Waals surface area contributed by atoms with Gasteiger partial charge in [-0.25, -0.2) is 4.98 Å². The van der Waals surface area contributed by atoms with Crippen LogP contribution >= 0.6 is 24.0 Å². The van der Waals surface area contributed by atoms with Gasteiger partial charge in [0.2, 0.25) is 0 Å². The number of aryl methyl sites for hydroxylation is 1. The van der Waals surface area contributed by atoms with Crippen LogP contribution in [0.2, 0.25) is 0 Å². The highest BCUT2D eigenvalue weighted by Crippen LogP contribution is 2.34. The van der Waals surface area contributed by atoms with E-state index in [4.69, 9.17) is 21.9 Å². The first-order valence-electron chi connectivity index (χ1n) is 10.6. The van der Waals surface area contributed by atoms with Gasteiger partial charge in [-0.3, -0.25) is 18.9 Å². The molecule has 1 aliphatic rings. The predicted octanol–water partition coefficient (Wildman–Crippen LogP) is 4.23. The molecule has 9 heteroatoms. The highest BCUT2D eigenvalue weighted by Gasteiger charge is 2.32. The number of thiocarbonyl (C=S) groups is 1. The van der Waals surface area contributed by atoms with E-state index in [1.165, 1.54) is 16.2 Å². The summed E-state index contributed by atoms with van der Waals surface area (Å²) < 4.78 is 7.15. The Morgan fingerprint density at radius 3 is 2.67 bits per heavy atom. The molecule has 1 aliphatic heterocycles. The Kier molecular flexibility index (Phi) is 6.80. The average molecular weight is 481 g/mol. The Hall–Kier alpha value is -3.17. The molecule has 2 aromatic heterocycles. The van der Waals surface area contributed by atoms with E-state index in [0.29, 0.717) is 39.3 Å². The number of nitrogens with one attached hydrogen (secondary N) is 1. The van der Waals surface area contributed by atoms with Gasteiger partial charge >= 0.3 is 0 Å². The second-order valence-corrected chi connectivity index (χ2v) is 9.28. The van der Waals surface area contributed by atoms with Crippen LogP contribution in [0.15, 0.2) is 52.3 Å². The summed E-state index contributed by atoms with van der Waals surface area (Å²) in [5, 5.41) is 3.24. The van der Waals surface area contributed by atoms with Gasteiger partial charge in [-0.05, 0) is 48.7 Å². The topological polar surface area (TPSA) is 75.9 Å². The predicted molar refractivity (Wildman–Crippen MR) is 137 cm³/mol. The quantitative estimate of drug-likeness (QED) is 0.401. The molecular weight excluding hydrogens is 456 g/mol. The lowest BCUT2D eigenvalue weighted by Gasteiger charge is -2.15. The lowest BCUT2D eigenvalue weighted by Crippen LogP contribution is -2.27. The zero-order valence-corrected chi connectivity index (χ0v) is 20.3. The van der Waals surface area contributed by atoms with Gasteiger partial charge in [-0.15, -0.1) is 0 Å². The average Bonchev–Trinajstić information content (AvgIpc) is 3.08. The third kappa shape index (κ3) is 4.65. The highest BCUT2D eigenvalue weighted by molar-refractivity contribution is 8.26. The van der Waals surface area contributed by atoms with E-state index >= 15 is 0 Å². The summed E-state index contributed by atoms with van der Waals surface area (Å²) in [6.45, 7) is 4.96.